The molecule has 1 aliphatic rings. The van der Waals surface area contributed by atoms with Crippen LogP contribution in [0.3, 0.4) is 0 Å². The van der Waals surface area contributed by atoms with Crippen molar-refractivity contribution in [1.82, 2.24) is 19.9 Å². The number of imidazole rings is 1. The molecule has 1 amide bonds. The van der Waals surface area contributed by atoms with E-state index >= 15 is 0 Å². The first kappa shape index (κ1) is 15.2. The van der Waals surface area contributed by atoms with Crippen molar-refractivity contribution >= 4 is 17.2 Å². The van der Waals surface area contributed by atoms with Crippen LogP contribution in [-0.2, 0) is 17.7 Å². The summed E-state index contributed by atoms with van der Waals surface area (Å²) in [6.45, 7) is 5.31. The number of carbonyl (C=O) groups is 1. The van der Waals surface area contributed by atoms with E-state index in [0.717, 1.165) is 30.2 Å². The van der Waals surface area contributed by atoms with Crippen molar-refractivity contribution in [3.8, 4) is 0 Å². The molecule has 0 unspecified atom stereocenters. The molecule has 7 heteroatoms. The Bertz CT molecular complexity index is 652. The topological polar surface area (TPSA) is 69.0 Å². The van der Waals surface area contributed by atoms with Gasteiger partial charge in [0, 0.05) is 43.4 Å². The van der Waals surface area contributed by atoms with Crippen molar-refractivity contribution in [3.05, 3.63) is 34.3 Å². The normalized spacial score (nSPS) is 18.7. The van der Waals surface area contributed by atoms with Gasteiger partial charge in [-0.25, -0.2) is 9.97 Å². The number of amides is 1. The number of hydrogen-bond acceptors (Lipinski definition) is 5. The van der Waals surface area contributed by atoms with Crippen LogP contribution < -0.4 is 5.32 Å². The molecular formula is C15H20N4O2S. The van der Waals surface area contributed by atoms with E-state index in [1.165, 1.54) is 11.3 Å². The quantitative estimate of drug-likeness (QED) is 0.917. The molecule has 0 spiro atoms. The van der Waals surface area contributed by atoms with Crippen molar-refractivity contribution in [2.24, 2.45) is 0 Å². The summed E-state index contributed by atoms with van der Waals surface area (Å²) < 4.78 is 7.60. The molecule has 0 saturated carbocycles. The SMILES string of the molecule is CCO[C@H](C)c1nc(C(=O)N[C@@H]2CCc3nccn3C2)cs1. The fraction of sp³-hybridized carbons (Fsp3) is 0.533. The van der Waals surface area contributed by atoms with Crippen LogP contribution in [0.25, 0.3) is 0 Å². The summed E-state index contributed by atoms with van der Waals surface area (Å²) in [5.74, 6) is 0.978. The molecule has 0 aromatic carbocycles. The molecule has 2 aromatic heterocycles. The van der Waals surface area contributed by atoms with Gasteiger partial charge in [0.1, 0.15) is 22.6 Å². The summed E-state index contributed by atoms with van der Waals surface area (Å²) in [6, 6.07) is 0.128. The van der Waals surface area contributed by atoms with E-state index in [9.17, 15) is 4.79 Å². The van der Waals surface area contributed by atoms with Crippen molar-refractivity contribution in [2.75, 3.05) is 6.61 Å². The zero-order chi connectivity index (χ0) is 15.5. The predicted molar refractivity (Wildman–Crippen MR) is 84.0 cm³/mol. The lowest BCUT2D eigenvalue weighted by Crippen LogP contribution is -2.41. The third-order valence-electron chi connectivity index (χ3n) is 3.79. The Hall–Kier alpha value is -1.73. The second-order valence-corrected chi connectivity index (χ2v) is 6.26. The lowest BCUT2D eigenvalue weighted by molar-refractivity contribution is 0.0759. The van der Waals surface area contributed by atoms with E-state index in [1.807, 2.05) is 20.0 Å². The van der Waals surface area contributed by atoms with Crippen molar-refractivity contribution in [1.29, 1.82) is 0 Å². The maximum Gasteiger partial charge on any atom is 0.271 e. The highest BCUT2D eigenvalue weighted by Crippen LogP contribution is 2.21. The highest BCUT2D eigenvalue weighted by atomic mass is 32.1. The lowest BCUT2D eigenvalue weighted by atomic mass is 10.1. The van der Waals surface area contributed by atoms with E-state index in [0.29, 0.717) is 12.3 Å². The maximum atomic E-state index is 12.3. The Morgan fingerprint density at radius 2 is 2.50 bits per heavy atom. The molecule has 6 nitrogen and oxygen atoms in total. The number of thiazole rings is 1. The molecule has 3 rings (SSSR count). The van der Waals surface area contributed by atoms with Crippen LogP contribution in [-0.4, -0.2) is 33.1 Å². The first-order valence-corrected chi connectivity index (χ1v) is 8.43. The second kappa shape index (κ2) is 6.58. The number of rotatable bonds is 5. The molecular weight excluding hydrogens is 300 g/mol. The van der Waals surface area contributed by atoms with Gasteiger partial charge in [-0.1, -0.05) is 0 Å². The zero-order valence-electron chi connectivity index (χ0n) is 12.8. The second-order valence-electron chi connectivity index (χ2n) is 5.37. The van der Waals surface area contributed by atoms with E-state index in [-0.39, 0.29) is 18.1 Å². The average Bonchev–Trinajstić information content (AvgIpc) is 3.16. The Labute approximate surface area is 133 Å². The number of hydrogen-bond donors (Lipinski definition) is 1. The number of fused-ring (bicyclic) bond motifs is 1. The van der Waals surface area contributed by atoms with Crippen molar-refractivity contribution in [3.63, 3.8) is 0 Å². The van der Waals surface area contributed by atoms with Gasteiger partial charge in [-0.05, 0) is 20.3 Å². The van der Waals surface area contributed by atoms with Crippen LogP contribution in [0.5, 0.6) is 0 Å². The summed E-state index contributed by atoms with van der Waals surface area (Å²) >= 11 is 1.47. The minimum Gasteiger partial charge on any atom is -0.372 e. The number of nitrogens with zero attached hydrogens (tertiary/aromatic N) is 3. The first-order chi connectivity index (χ1) is 10.7. The molecule has 22 heavy (non-hydrogen) atoms. The monoisotopic (exact) mass is 320 g/mol. The van der Waals surface area contributed by atoms with Gasteiger partial charge < -0.3 is 14.6 Å². The standard InChI is InChI=1S/C15H20N4O2S/c1-3-21-10(2)15-18-12(9-22-15)14(20)17-11-4-5-13-16-6-7-19(13)8-11/h6-7,9-11H,3-5,8H2,1-2H3,(H,17,20)/t10-,11-/m1/s1. The third kappa shape index (κ3) is 3.20. The van der Waals surface area contributed by atoms with Gasteiger partial charge >= 0.3 is 0 Å². The Balaban J connectivity index is 1.61. The molecule has 118 valence electrons. The van der Waals surface area contributed by atoms with Crippen LogP contribution in [0.15, 0.2) is 17.8 Å². The Morgan fingerprint density at radius 3 is 3.32 bits per heavy atom. The van der Waals surface area contributed by atoms with Crippen LogP contribution in [0.2, 0.25) is 0 Å². The van der Waals surface area contributed by atoms with Gasteiger partial charge in [-0.3, -0.25) is 4.79 Å². The number of ether oxygens (including phenoxy) is 1. The fourth-order valence-electron chi connectivity index (χ4n) is 2.64. The summed E-state index contributed by atoms with van der Waals surface area (Å²) in [6.07, 6.45) is 5.50. The molecule has 0 aliphatic carbocycles. The van der Waals surface area contributed by atoms with Crippen LogP contribution >= 0.6 is 11.3 Å². The smallest absolute Gasteiger partial charge is 0.271 e. The first-order valence-electron chi connectivity index (χ1n) is 7.55. The van der Waals surface area contributed by atoms with E-state index < -0.39 is 0 Å². The molecule has 0 saturated heterocycles. The van der Waals surface area contributed by atoms with Crippen molar-refractivity contribution < 1.29 is 9.53 Å². The molecule has 0 radical (unpaired) electrons. The molecule has 1 N–H and O–H groups in total. The molecule has 2 aromatic rings. The van der Waals surface area contributed by atoms with Crippen LogP contribution in [0.1, 0.15) is 47.7 Å². The molecule has 2 atom stereocenters. The minimum absolute atomic E-state index is 0.0697. The number of aromatic nitrogens is 3. The van der Waals surface area contributed by atoms with Gasteiger partial charge in [0.05, 0.1) is 0 Å². The number of aryl methyl sites for hydroxylation is 1. The largest absolute Gasteiger partial charge is 0.372 e. The van der Waals surface area contributed by atoms with Crippen LogP contribution in [0, 0.1) is 0 Å². The van der Waals surface area contributed by atoms with Gasteiger partial charge in [0.15, 0.2) is 0 Å². The molecule has 1 aliphatic heterocycles. The zero-order valence-corrected chi connectivity index (χ0v) is 13.6. The van der Waals surface area contributed by atoms with Gasteiger partial charge in [-0.15, -0.1) is 11.3 Å². The third-order valence-corrected chi connectivity index (χ3v) is 4.80. The fourth-order valence-corrected chi connectivity index (χ4v) is 3.45. The van der Waals surface area contributed by atoms with E-state index in [1.54, 1.807) is 11.6 Å². The summed E-state index contributed by atoms with van der Waals surface area (Å²) in [4.78, 5) is 21.0. The average molecular weight is 320 g/mol. The highest BCUT2D eigenvalue weighted by Gasteiger charge is 2.22. The number of carbonyl (C=O) groups excluding carboxylic acids is 1. The Morgan fingerprint density at radius 1 is 1.64 bits per heavy atom. The minimum atomic E-state index is -0.111. The molecule has 3 heterocycles. The maximum absolute atomic E-state index is 12.3. The molecule has 0 fully saturated rings. The van der Waals surface area contributed by atoms with E-state index in [4.69, 9.17) is 4.74 Å². The lowest BCUT2D eigenvalue weighted by Gasteiger charge is -2.24. The van der Waals surface area contributed by atoms with Gasteiger partial charge in [0.2, 0.25) is 0 Å². The Kier molecular flexibility index (Phi) is 4.54. The van der Waals surface area contributed by atoms with Crippen molar-refractivity contribution in [2.45, 2.75) is 45.4 Å². The molecule has 0 bridgehead atoms. The summed E-state index contributed by atoms with van der Waals surface area (Å²) in [5, 5.41) is 5.70. The van der Waals surface area contributed by atoms with Gasteiger partial charge in [-0.2, -0.15) is 0 Å². The highest BCUT2D eigenvalue weighted by molar-refractivity contribution is 7.09. The predicted octanol–water partition coefficient (Wildman–Crippen LogP) is 2.18. The van der Waals surface area contributed by atoms with Crippen LogP contribution in [0.4, 0.5) is 0 Å². The van der Waals surface area contributed by atoms with E-state index in [2.05, 4.69) is 19.9 Å². The summed E-state index contributed by atoms with van der Waals surface area (Å²) in [5.41, 5.74) is 0.475. The van der Waals surface area contributed by atoms with Gasteiger partial charge in [0.25, 0.3) is 5.91 Å². The summed E-state index contributed by atoms with van der Waals surface area (Å²) in [7, 11) is 0. The number of nitrogens with one attached hydrogen (secondary N) is 1.